The van der Waals surface area contributed by atoms with Crippen molar-refractivity contribution in [2.45, 2.75) is 19.8 Å². The molecule has 41 valence electrons. The van der Waals surface area contributed by atoms with Crippen molar-refractivity contribution in [2.75, 3.05) is 0 Å². The normalized spacial score (nSPS) is 17.6. The maximum atomic E-state index is 3.77. The van der Waals surface area contributed by atoms with E-state index in [9.17, 15) is 0 Å². The van der Waals surface area contributed by atoms with Gasteiger partial charge in [0.15, 0.2) is 0 Å². The molecule has 0 amide bonds. The smallest absolute Gasteiger partial charge is 0 e. The van der Waals surface area contributed by atoms with Crippen molar-refractivity contribution in [1.82, 2.24) is 0 Å². The minimum atomic E-state index is 0. The summed E-state index contributed by atoms with van der Waals surface area (Å²) in [5.74, 6) is 0. The number of rotatable bonds is 0. The second-order valence-corrected chi connectivity index (χ2v) is 2.01. The molecule has 1 heteroatoms. The van der Waals surface area contributed by atoms with Crippen LogP contribution < -0.4 is 0 Å². The van der Waals surface area contributed by atoms with Crippen LogP contribution in [0.15, 0.2) is 17.7 Å². The van der Waals surface area contributed by atoms with Crippen LogP contribution in [0.3, 0.4) is 0 Å². The molecule has 0 aromatic carbocycles. The Morgan fingerprint density at radius 1 is 1.50 bits per heavy atom. The largest absolute Gasteiger partial charge is 0.249 e. The van der Waals surface area contributed by atoms with Gasteiger partial charge in [0.1, 0.15) is 0 Å². The Kier molecular flexibility index (Phi) is 3.84. The van der Waals surface area contributed by atoms with Gasteiger partial charge >= 0.3 is 0 Å². The third kappa shape index (κ3) is 2.23. The molecule has 0 spiro atoms. The quantitative estimate of drug-likeness (QED) is 0.503. The fourth-order valence-corrected chi connectivity index (χ4v) is 0.765. The molecule has 0 heterocycles. The average Bonchev–Trinajstić information content (AvgIpc) is 1.87. The summed E-state index contributed by atoms with van der Waals surface area (Å²) in [5, 5.41) is 0. The van der Waals surface area contributed by atoms with Crippen LogP contribution in [-0.4, -0.2) is 0 Å². The van der Waals surface area contributed by atoms with Crippen LogP contribution in [0.25, 0.3) is 0 Å². The molecule has 0 aromatic heterocycles. The van der Waals surface area contributed by atoms with E-state index in [1.807, 2.05) is 0 Å². The molecule has 1 radical (unpaired) electrons. The maximum absolute atomic E-state index is 3.77. The summed E-state index contributed by atoms with van der Waals surface area (Å²) >= 11 is 0. The van der Waals surface area contributed by atoms with E-state index in [2.05, 4.69) is 19.6 Å². The average molecular weight is 182 g/mol. The molecule has 8 heavy (non-hydrogen) atoms. The van der Waals surface area contributed by atoms with Gasteiger partial charge in [-0.25, -0.2) is 18.2 Å². The third-order valence-corrected chi connectivity index (χ3v) is 1.19. The molecular weight excluding hydrogens is 173 g/mol. The SMILES string of the molecule is C=C1[C-]=C(C)CC1.[Y]. The fraction of sp³-hybridized carbons (Fsp3) is 0.429. The monoisotopic (exact) mass is 182 g/mol. The van der Waals surface area contributed by atoms with Crippen molar-refractivity contribution in [3.8, 4) is 0 Å². The molecule has 0 aromatic rings. The number of allylic oxidation sites excluding steroid dienone is 3. The summed E-state index contributed by atoms with van der Waals surface area (Å²) in [6.07, 6.45) is 5.45. The van der Waals surface area contributed by atoms with E-state index in [0.717, 1.165) is 12.0 Å². The zero-order valence-electron chi connectivity index (χ0n) is 5.20. The Bertz CT molecular complexity index is 122. The van der Waals surface area contributed by atoms with Gasteiger partial charge in [0.05, 0.1) is 0 Å². The van der Waals surface area contributed by atoms with Crippen LogP contribution in [0.2, 0.25) is 0 Å². The van der Waals surface area contributed by atoms with Crippen molar-refractivity contribution >= 4 is 0 Å². The Labute approximate surface area is 75.9 Å². The molecule has 0 fully saturated rings. The van der Waals surface area contributed by atoms with Gasteiger partial charge in [-0.3, -0.25) is 0 Å². The third-order valence-electron chi connectivity index (χ3n) is 1.19. The first-order valence-corrected chi connectivity index (χ1v) is 2.56. The molecule has 0 nitrogen and oxygen atoms in total. The van der Waals surface area contributed by atoms with Crippen molar-refractivity contribution < 1.29 is 32.7 Å². The van der Waals surface area contributed by atoms with E-state index in [1.54, 1.807) is 0 Å². The summed E-state index contributed by atoms with van der Waals surface area (Å²) in [4.78, 5) is 0. The Morgan fingerprint density at radius 2 is 2.12 bits per heavy atom. The molecule has 0 saturated heterocycles. The minimum absolute atomic E-state index is 0. The number of hydrogen-bond acceptors (Lipinski definition) is 0. The van der Waals surface area contributed by atoms with Crippen LogP contribution in [0.1, 0.15) is 19.8 Å². The fourth-order valence-electron chi connectivity index (χ4n) is 0.765. The van der Waals surface area contributed by atoms with Gasteiger partial charge in [0.2, 0.25) is 0 Å². The molecule has 0 unspecified atom stereocenters. The minimum Gasteiger partial charge on any atom is -0.249 e. The predicted molar refractivity (Wildman–Crippen MR) is 30.8 cm³/mol. The summed E-state index contributed by atoms with van der Waals surface area (Å²) < 4.78 is 0. The van der Waals surface area contributed by atoms with Crippen molar-refractivity contribution in [3.63, 3.8) is 0 Å². The van der Waals surface area contributed by atoms with Gasteiger partial charge in [-0.1, -0.05) is 13.3 Å². The summed E-state index contributed by atoms with van der Waals surface area (Å²) in [6.45, 7) is 5.87. The van der Waals surface area contributed by atoms with Crippen LogP contribution >= 0.6 is 0 Å². The standard InChI is InChI=1S/C7H9.Y/c1-6-3-4-7(2)5-6;/h1,3-4H2,2H3;/q-1;. The van der Waals surface area contributed by atoms with Crippen LogP contribution in [0, 0.1) is 6.08 Å². The topological polar surface area (TPSA) is 0 Å². The first-order chi connectivity index (χ1) is 3.29. The zero-order valence-corrected chi connectivity index (χ0v) is 8.04. The van der Waals surface area contributed by atoms with Crippen LogP contribution in [0.5, 0.6) is 0 Å². The van der Waals surface area contributed by atoms with Gasteiger partial charge in [-0.05, 0) is 6.42 Å². The Morgan fingerprint density at radius 3 is 2.25 bits per heavy atom. The van der Waals surface area contributed by atoms with E-state index >= 15 is 0 Å². The molecule has 0 aliphatic heterocycles. The Balaban J connectivity index is 0.000000490. The molecule has 0 N–H and O–H groups in total. The molecular formula is C7H9Y-. The van der Waals surface area contributed by atoms with Gasteiger partial charge in [-0.15, -0.1) is 0 Å². The summed E-state index contributed by atoms with van der Waals surface area (Å²) in [7, 11) is 0. The summed E-state index contributed by atoms with van der Waals surface area (Å²) in [5.41, 5.74) is 2.52. The van der Waals surface area contributed by atoms with E-state index in [1.165, 1.54) is 12.0 Å². The van der Waals surface area contributed by atoms with Crippen molar-refractivity contribution in [2.24, 2.45) is 0 Å². The van der Waals surface area contributed by atoms with Crippen molar-refractivity contribution in [1.29, 1.82) is 0 Å². The first kappa shape index (κ1) is 8.58. The van der Waals surface area contributed by atoms with E-state index < -0.39 is 0 Å². The Hall–Kier alpha value is 0.584. The zero-order chi connectivity index (χ0) is 5.28. The van der Waals surface area contributed by atoms with Gasteiger partial charge in [0, 0.05) is 32.7 Å². The molecule has 1 aliphatic rings. The second-order valence-electron chi connectivity index (χ2n) is 2.01. The van der Waals surface area contributed by atoms with Gasteiger partial charge < -0.3 is 0 Å². The van der Waals surface area contributed by atoms with E-state index in [-0.39, 0.29) is 32.7 Å². The van der Waals surface area contributed by atoms with Gasteiger partial charge in [-0.2, -0.15) is 5.57 Å². The molecule has 0 saturated carbocycles. The molecule has 1 rings (SSSR count). The first-order valence-electron chi connectivity index (χ1n) is 2.56. The second kappa shape index (κ2) is 3.58. The van der Waals surface area contributed by atoms with E-state index in [4.69, 9.17) is 0 Å². The van der Waals surface area contributed by atoms with Crippen molar-refractivity contribution in [3.05, 3.63) is 23.8 Å². The van der Waals surface area contributed by atoms with Crippen LogP contribution in [-0.2, 0) is 32.7 Å². The molecule has 1 aliphatic carbocycles. The van der Waals surface area contributed by atoms with Gasteiger partial charge in [0.25, 0.3) is 0 Å². The summed E-state index contributed by atoms with van der Waals surface area (Å²) in [6, 6.07) is 0. The predicted octanol–water partition coefficient (Wildman–Crippen LogP) is 2.08. The number of hydrogen-bond donors (Lipinski definition) is 0. The maximum Gasteiger partial charge on any atom is 0 e. The van der Waals surface area contributed by atoms with E-state index in [0.29, 0.717) is 0 Å². The van der Waals surface area contributed by atoms with Crippen LogP contribution in [0.4, 0.5) is 0 Å². The molecule has 0 atom stereocenters. The molecule has 0 bridgehead atoms.